The lowest BCUT2D eigenvalue weighted by Gasteiger charge is -2.12. The average Bonchev–Trinajstić information content (AvgIpc) is 2.97. The van der Waals surface area contributed by atoms with Crippen LogP contribution in [0, 0.1) is 0 Å². The molecule has 1 aromatic carbocycles. The smallest absolute Gasteiger partial charge is 0.177 e. The highest BCUT2D eigenvalue weighted by molar-refractivity contribution is 5.78. The number of fused-ring (bicyclic) bond motifs is 1. The number of nitrogens with one attached hydrogen (secondary N) is 1. The summed E-state index contributed by atoms with van der Waals surface area (Å²) in [5, 5.41) is 10.8. The molecule has 2 atom stereocenters. The Morgan fingerprint density at radius 2 is 2.25 bits per heavy atom. The van der Waals surface area contributed by atoms with Gasteiger partial charge in [-0.15, -0.1) is 0 Å². The summed E-state index contributed by atoms with van der Waals surface area (Å²) < 4.78 is 10.8. The molecule has 1 N–H and O–H groups in total. The second-order valence-electron chi connectivity index (χ2n) is 3.58. The van der Waals surface area contributed by atoms with Crippen LogP contribution in [0.15, 0.2) is 30.4 Å². The molecule has 0 radical (unpaired) electrons. The number of H-pyrrole nitrogens is 1. The van der Waals surface area contributed by atoms with Gasteiger partial charge in [0.1, 0.15) is 17.1 Å². The van der Waals surface area contributed by atoms with Crippen LogP contribution in [-0.2, 0) is 9.47 Å². The normalized spacial score (nSPS) is 24.3. The van der Waals surface area contributed by atoms with E-state index in [1.54, 1.807) is 7.11 Å². The molecule has 0 spiro atoms. The Kier molecular flexibility index (Phi) is 2.19. The largest absolute Gasteiger partial charge is 0.352 e. The molecule has 2 unspecified atom stereocenters. The summed E-state index contributed by atoms with van der Waals surface area (Å²) in [4.78, 5) is 0. The van der Waals surface area contributed by atoms with Gasteiger partial charge in [-0.25, -0.2) is 0 Å². The number of benzene rings is 1. The molecule has 2 aromatic rings. The molecule has 0 aliphatic carbocycles. The molecule has 0 fully saturated rings. The topological polar surface area (TPSA) is 60.0 Å². The third-order valence-corrected chi connectivity index (χ3v) is 2.64. The van der Waals surface area contributed by atoms with Crippen molar-refractivity contribution in [3.05, 3.63) is 35.9 Å². The average molecular weight is 217 g/mol. The van der Waals surface area contributed by atoms with Crippen molar-refractivity contribution >= 4 is 11.0 Å². The van der Waals surface area contributed by atoms with Crippen molar-refractivity contribution in [3.8, 4) is 0 Å². The molecule has 1 aliphatic heterocycles. The molecular weight excluding hydrogens is 206 g/mol. The zero-order valence-electron chi connectivity index (χ0n) is 8.75. The number of aromatic amines is 1. The van der Waals surface area contributed by atoms with Crippen molar-refractivity contribution in [1.82, 2.24) is 15.4 Å². The summed E-state index contributed by atoms with van der Waals surface area (Å²) in [5.74, 6) is 0. The summed E-state index contributed by atoms with van der Waals surface area (Å²) >= 11 is 0. The number of rotatable bonds is 2. The van der Waals surface area contributed by atoms with E-state index in [0.29, 0.717) is 0 Å². The molecule has 0 amide bonds. The predicted octanol–water partition coefficient (Wildman–Crippen LogP) is 1.56. The SMILES string of the molecule is COC1C=CC(c2cccc3n[nH]nc23)O1. The Labute approximate surface area is 92.1 Å². The quantitative estimate of drug-likeness (QED) is 0.775. The van der Waals surface area contributed by atoms with Crippen LogP contribution in [0.2, 0.25) is 0 Å². The van der Waals surface area contributed by atoms with Crippen molar-refractivity contribution in [2.75, 3.05) is 7.11 Å². The fourth-order valence-electron chi connectivity index (χ4n) is 1.86. The number of para-hydroxylation sites is 1. The lowest BCUT2D eigenvalue weighted by molar-refractivity contribution is -0.0988. The number of ether oxygens (including phenoxy) is 2. The molecular formula is C11H11N3O2. The van der Waals surface area contributed by atoms with Crippen LogP contribution in [-0.4, -0.2) is 28.8 Å². The minimum atomic E-state index is -0.271. The molecule has 16 heavy (non-hydrogen) atoms. The lowest BCUT2D eigenvalue weighted by Crippen LogP contribution is -2.09. The molecule has 1 aliphatic rings. The van der Waals surface area contributed by atoms with Crippen LogP contribution in [0.4, 0.5) is 0 Å². The van der Waals surface area contributed by atoms with Gasteiger partial charge in [0.05, 0.1) is 0 Å². The highest BCUT2D eigenvalue weighted by Gasteiger charge is 2.22. The van der Waals surface area contributed by atoms with Gasteiger partial charge in [-0.05, 0) is 12.1 Å². The Hall–Kier alpha value is -1.72. The van der Waals surface area contributed by atoms with E-state index in [1.807, 2.05) is 30.4 Å². The second kappa shape index (κ2) is 3.70. The summed E-state index contributed by atoms with van der Waals surface area (Å²) in [7, 11) is 1.62. The zero-order valence-corrected chi connectivity index (χ0v) is 8.75. The maximum Gasteiger partial charge on any atom is 0.177 e. The van der Waals surface area contributed by atoms with Crippen LogP contribution in [0.5, 0.6) is 0 Å². The lowest BCUT2D eigenvalue weighted by atomic mass is 10.1. The minimum Gasteiger partial charge on any atom is -0.352 e. The third kappa shape index (κ3) is 1.41. The van der Waals surface area contributed by atoms with Gasteiger partial charge >= 0.3 is 0 Å². The van der Waals surface area contributed by atoms with E-state index in [1.165, 1.54) is 0 Å². The standard InChI is InChI=1S/C11H11N3O2/c1-15-10-6-5-9(16-10)7-3-2-4-8-11(7)13-14-12-8/h2-6,9-10H,1H3,(H,12,13,14). The molecule has 82 valence electrons. The number of nitrogens with zero attached hydrogens (tertiary/aromatic N) is 2. The Bertz CT molecular complexity index is 535. The number of hydrogen-bond donors (Lipinski definition) is 1. The minimum absolute atomic E-state index is 0.112. The van der Waals surface area contributed by atoms with E-state index >= 15 is 0 Å². The van der Waals surface area contributed by atoms with Gasteiger partial charge in [0.25, 0.3) is 0 Å². The van der Waals surface area contributed by atoms with Crippen molar-refractivity contribution in [1.29, 1.82) is 0 Å². The summed E-state index contributed by atoms with van der Waals surface area (Å²) in [6.07, 6.45) is 3.48. The molecule has 0 bridgehead atoms. The van der Waals surface area contributed by atoms with E-state index in [4.69, 9.17) is 9.47 Å². The van der Waals surface area contributed by atoms with Gasteiger partial charge in [-0.2, -0.15) is 15.4 Å². The van der Waals surface area contributed by atoms with Gasteiger partial charge in [-0.3, -0.25) is 0 Å². The Balaban J connectivity index is 2.01. The molecule has 2 heterocycles. The fraction of sp³-hybridized carbons (Fsp3) is 0.273. The molecule has 3 rings (SSSR count). The summed E-state index contributed by atoms with van der Waals surface area (Å²) in [5.41, 5.74) is 2.69. The zero-order chi connectivity index (χ0) is 11.0. The molecule has 5 heteroatoms. The third-order valence-electron chi connectivity index (χ3n) is 2.64. The van der Waals surface area contributed by atoms with Crippen LogP contribution in [0.3, 0.4) is 0 Å². The first-order chi connectivity index (χ1) is 7.88. The van der Waals surface area contributed by atoms with Crippen molar-refractivity contribution in [2.45, 2.75) is 12.4 Å². The Morgan fingerprint density at radius 1 is 1.31 bits per heavy atom. The van der Waals surface area contributed by atoms with Crippen LogP contribution in [0.25, 0.3) is 11.0 Å². The first kappa shape index (κ1) is 9.50. The second-order valence-corrected chi connectivity index (χ2v) is 3.58. The molecule has 5 nitrogen and oxygen atoms in total. The first-order valence-corrected chi connectivity index (χ1v) is 5.04. The van der Waals surface area contributed by atoms with Gasteiger partial charge in [0.15, 0.2) is 6.29 Å². The summed E-state index contributed by atoms with van der Waals surface area (Å²) in [6, 6.07) is 5.84. The maximum absolute atomic E-state index is 5.66. The highest BCUT2D eigenvalue weighted by atomic mass is 16.7. The van der Waals surface area contributed by atoms with Crippen molar-refractivity contribution in [3.63, 3.8) is 0 Å². The van der Waals surface area contributed by atoms with Gasteiger partial charge in [0, 0.05) is 12.7 Å². The maximum atomic E-state index is 5.66. The van der Waals surface area contributed by atoms with Gasteiger partial charge in [-0.1, -0.05) is 18.2 Å². The van der Waals surface area contributed by atoms with Crippen LogP contribution in [0.1, 0.15) is 11.7 Å². The number of hydrogen-bond acceptors (Lipinski definition) is 4. The molecule has 1 aromatic heterocycles. The molecule has 0 saturated heterocycles. The molecule has 0 saturated carbocycles. The van der Waals surface area contributed by atoms with Crippen LogP contribution >= 0.6 is 0 Å². The monoisotopic (exact) mass is 217 g/mol. The fourth-order valence-corrected chi connectivity index (χ4v) is 1.86. The number of methoxy groups -OCH3 is 1. The first-order valence-electron chi connectivity index (χ1n) is 5.04. The van der Waals surface area contributed by atoms with Crippen LogP contribution < -0.4 is 0 Å². The highest BCUT2D eigenvalue weighted by Crippen LogP contribution is 2.30. The van der Waals surface area contributed by atoms with E-state index in [-0.39, 0.29) is 12.4 Å². The number of aromatic nitrogens is 3. The van der Waals surface area contributed by atoms with Gasteiger partial charge < -0.3 is 9.47 Å². The predicted molar refractivity (Wildman–Crippen MR) is 57.7 cm³/mol. The van der Waals surface area contributed by atoms with Gasteiger partial charge in [0.2, 0.25) is 0 Å². The van der Waals surface area contributed by atoms with E-state index in [0.717, 1.165) is 16.6 Å². The van der Waals surface area contributed by atoms with E-state index in [9.17, 15) is 0 Å². The van der Waals surface area contributed by atoms with E-state index < -0.39 is 0 Å². The van der Waals surface area contributed by atoms with Crippen molar-refractivity contribution < 1.29 is 9.47 Å². The van der Waals surface area contributed by atoms with Crippen molar-refractivity contribution in [2.24, 2.45) is 0 Å². The van der Waals surface area contributed by atoms with E-state index in [2.05, 4.69) is 15.4 Å². The summed E-state index contributed by atoms with van der Waals surface area (Å²) in [6.45, 7) is 0. The Morgan fingerprint density at radius 3 is 3.06 bits per heavy atom.